The normalized spacial score (nSPS) is 26.6. The van der Waals surface area contributed by atoms with Crippen molar-refractivity contribution >= 4 is 29.9 Å². The van der Waals surface area contributed by atoms with Gasteiger partial charge in [0.2, 0.25) is 0 Å². The SMILES string of the molecule is CN=C(NCC1CN2CCCC2CO1)NC(C)CCC(C)C.I. The minimum absolute atomic E-state index is 0. The van der Waals surface area contributed by atoms with Crippen LogP contribution in [0.5, 0.6) is 0 Å². The molecule has 2 fully saturated rings. The highest BCUT2D eigenvalue weighted by atomic mass is 127. The Balaban J connectivity index is 0.00000264. The van der Waals surface area contributed by atoms with E-state index in [0.717, 1.165) is 31.6 Å². The first-order chi connectivity index (χ1) is 10.6. The fourth-order valence-corrected chi connectivity index (χ4v) is 3.30. The number of nitrogens with zero attached hydrogens (tertiary/aromatic N) is 2. The van der Waals surface area contributed by atoms with Crippen molar-refractivity contribution < 1.29 is 4.74 Å². The van der Waals surface area contributed by atoms with Crippen molar-refractivity contribution in [3.63, 3.8) is 0 Å². The van der Waals surface area contributed by atoms with Crippen LogP contribution in [-0.4, -0.2) is 62.3 Å². The summed E-state index contributed by atoms with van der Waals surface area (Å²) in [6.07, 6.45) is 5.32. The highest BCUT2D eigenvalue weighted by molar-refractivity contribution is 14.0. The monoisotopic (exact) mass is 438 g/mol. The molecule has 3 unspecified atom stereocenters. The lowest BCUT2D eigenvalue weighted by Crippen LogP contribution is -2.52. The van der Waals surface area contributed by atoms with Gasteiger partial charge in [0.1, 0.15) is 0 Å². The molecule has 2 heterocycles. The molecule has 6 heteroatoms. The van der Waals surface area contributed by atoms with E-state index in [1.165, 1.54) is 32.2 Å². The van der Waals surface area contributed by atoms with Crippen LogP contribution in [0.15, 0.2) is 4.99 Å². The van der Waals surface area contributed by atoms with Crippen LogP contribution < -0.4 is 10.6 Å². The van der Waals surface area contributed by atoms with Gasteiger partial charge < -0.3 is 15.4 Å². The Morgan fingerprint density at radius 2 is 2.09 bits per heavy atom. The minimum Gasteiger partial charge on any atom is -0.373 e. The first-order valence-corrected chi connectivity index (χ1v) is 8.91. The van der Waals surface area contributed by atoms with Gasteiger partial charge in [-0.2, -0.15) is 0 Å². The summed E-state index contributed by atoms with van der Waals surface area (Å²) in [6.45, 7) is 10.8. The predicted octanol–water partition coefficient (Wildman–Crippen LogP) is 2.46. The molecule has 2 aliphatic heterocycles. The largest absolute Gasteiger partial charge is 0.373 e. The van der Waals surface area contributed by atoms with E-state index in [1.807, 2.05) is 7.05 Å². The van der Waals surface area contributed by atoms with E-state index in [2.05, 4.69) is 41.3 Å². The molecule has 2 saturated heterocycles. The zero-order valence-corrected chi connectivity index (χ0v) is 17.5. The number of fused-ring (bicyclic) bond motifs is 1. The van der Waals surface area contributed by atoms with Crippen LogP contribution >= 0.6 is 24.0 Å². The van der Waals surface area contributed by atoms with Gasteiger partial charge in [-0.1, -0.05) is 13.8 Å². The standard InChI is InChI=1S/C17H34N4O.HI/c1-13(2)7-8-14(3)20-17(18-4)19-10-16-11-21-9-5-6-15(21)12-22-16;/h13-16H,5-12H2,1-4H3,(H2,18,19,20);1H. The van der Waals surface area contributed by atoms with Crippen molar-refractivity contribution in [2.45, 2.75) is 64.6 Å². The highest BCUT2D eigenvalue weighted by Gasteiger charge is 2.32. The molecule has 2 rings (SSSR count). The number of guanidine groups is 1. The lowest BCUT2D eigenvalue weighted by Gasteiger charge is -2.35. The van der Waals surface area contributed by atoms with E-state index in [4.69, 9.17) is 4.74 Å². The molecule has 5 nitrogen and oxygen atoms in total. The average molecular weight is 438 g/mol. The summed E-state index contributed by atoms with van der Waals surface area (Å²) in [5.74, 6) is 1.65. The molecule has 136 valence electrons. The molecule has 3 atom stereocenters. The molecule has 0 aromatic heterocycles. The maximum absolute atomic E-state index is 5.98. The van der Waals surface area contributed by atoms with Gasteiger partial charge in [-0.25, -0.2) is 0 Å². The van der Waals surface area contributed by atoms with E-state index in [0.29, 0.717) is 12.1 Å². The zero-order chi connectivity index (χ0) is 15.9. The molecule has 2 N–H and O–H groups in total. The first-order valence-electron chi connectivity index (χ1n) is 8.91. The lowest BCUT2D eigenvalue weighted by molar-refractivity contribution is -0.0453. The molecule has 23 heavy (non-hydrogen) atoms. The summed E-state index contributed by atoms with van der Waals surface area (Å²) in [4.78, 5) is 6.91. The van der Waals surface area contributed by atoms with Gasteiger partial charge in [0.25, 0.3) is 0 Å². The van der Waals surface area contributed by atoms with Gasteiger partial charge in [0.05, 0.1) is 12.7 Å². The lowest BCUT2D eigenvalue weighted by atomic mass is 10.0. The van der Waals surface area contributed by atoms with E-state index in [1.54, 1.807) is 0 Å². The smallest absolute Gasteiger partial charge is 0.191 e. The van der Waals surface area contributed by atoms with E-state index < -0.39 is 0 Å². The fourth-order valence-electron chi connectivity index (χ4n) is 3.30. The molecule has 0 bridgehead atoms. The number of hydrogen-bond donors (Lipinski definition) is 2. The van der Waals surface area contributed by atoms with Crippen LogP contribution in [0.1, 0.15) is 46.5 Å². The third-order valence-corrected chi connectivity index (χ3v) is 4.74. The number of nitrogens with one attached hydrogen (secondary N) is 2. The highest BCUT2D eigenvalue weighted by Crippen LogP contribution is 2.22. The zero-order valence-electron chi connectivity index (χ0n) is 15.2. The van der Waals surface area contributed by atoms with Gasteiger partial charge in [-0.3, -0.25) is 9.89 Å². The van der Waals surface area contributed by atoms with Gasteiger partial charge in [-0.15, -0.1) is 24.0 Å². The molecule has 0 saturated carbocycles. The van der Waals surface area contributed by atoms with Crippen LogP contribution in [0.4, 0.5) is 0 Å². The van der Waals surface area contributed by atoms with Crippen LogP contribution in [0.2, 0.25) is 0 Å². The summed E-state index contributed by atoms with van der Waals surface area (Å²) in [6, 6.07) is 1.12. The van der Waals surface area contributed by atoms with Crippen LogP contribution in [0, 0.1) is 5.92 Å². The quantitative estimate of drug-likeness (QED) is 0.380. The molecule has 0 aliphatic carbocycles. The summed E-state index contributed by atoms with van der Waals surface area (Å²) in [7, 11) is 1.84. The van der Waals surface area contributed by atoms with E-state index >= 15 is 0 Å². The van der Waals surface area contributed by atoms with Crippen LogP contribution in [0.3, 0.4) is 0 Å². The molecule has 0 aromatic rings. The van der Waals surface area contributed by atoms with Gasteiger partial charge >= 0.3 is 0 Å². The number of halogens is 1. The Morgan fingerprint density at radius 1 is 1.30 bits per heavy atom. The summed E-state index contributed by atoms with van der Waals surface area (Å²) >= 11 is 0. The van der Waals surface area contributed by atoms with E-state index in [9.17, 15) is 0 Å². The van der Waals surface area contributed by atoms with Crippen molar-refractivity contribution in [1.82, 2.24) is 15.5 Å². The van der Waals surface area contributed by atoms with Gasteiger partial charge in [0.15, 0.2) is 5.96 Å². The van der Waals surface area contributed by atoms with Crippen molar-refractivity contribution in [3.05, 3.63) is 0 Å². The average Bonchev–Trinajstić information content (AvgIpc) is 2.96. The molecule has 0 amide bonds. The number of hydrogen-bond acceptors (Lipinski definition) is 3. The van der Waals surface area contributed by atoms with Crippen LogP contribution in [-0.2, 0) is 4.74 Å². The third-order valence-electron chi connectivity index (χ3n) is 4.74. The van der Waals surface area contributed by atoms with Crippen molar-refractivity contribution in [2.24, 2.45) is 10.9 Å². The first kappa shape index (κ1) is 21.0. The Bertz CT molecular complexity index is 365. The second-order valence-corrected chi connectivity index (χ2v) is 7.22. The third kappa shape index (κ3) is 7.13. The number of aliphatic imine (C=N–C) groups is 1. The summed E-state index contributed by atoms with van der Waals surface area (Å²) in [5.41, 5.74) is 0. The maximum Gasteiger partial charge on any atom is 0.191 e. The Kier molecular flexibility index (Phi) is 9.77. The summed E-state index contributed by atoms with van der Waals surface area (Å²) in [5, 5.41) is 6.90. The Labute approximate surface area is 159 Å². The van der Waals surface area contributed by atoms with Gasteiger partial charge in [-0.05, 0) is 45.1 Å². The molecule has 0 aromatic carbocycles. The topological polar surface area (TPSA) is 48.9 Å². The minimum atomic E-state index is 0. The molecule has 0 radical (unpaired) electrons. The second-order valence-electron chi connectivity index (χ2n) is 7.22. The molecule has 2 aliphatic rings. The van der Waals surface area contributed by atoms with Crippen molar-refractivity contribution in [3.8, 4) is 0 Å². The Morgan fingerprint density at radius 3 is 2.78 bits per heavy atom. The molecular formula is C17H35IN4O. The number of morpholine rings is 1. The van der Waals surface area contributed by atoms with Crippen molar-refractivity contribution in [1.29, 1.82) is 0 Å². The van der Waals surface area contributed by atoms with Crippen LogP contribution in [0.25, 0.3) is 0 Å². The van der Waals surface area contributed by atoms with Gasteiger partial charge in [0, 0.05) is 32.2 Å². The Hall–Kier alpha value is -0.0800. The second kappa shape index (κ2) is 10.7. The summed E-state index contributed by atoms with van der Waals surface area (Å²) < 4.78 is 5.98. The number of rotatable bonds is 6. The fraction of sp³-hybridized carbons (Fsp3) is 0.941. The molecule has 0 spiro atoms. The van der Waals surface area contributed by atoms with E-state index in [-0.39, 0.29) is 30.1 Å². The molecular weight excluding hydrogens is 403 g/mol. The number of ether oxygens (including phenoxy) is 1. The maximum atomic E-state index is 5.98. The predicted molar refractivity (Wildman–Crippen MR) is 108 cm³/mol. The van der Waals surface area contributed by atoms with Crippen molar-refractivity contribution in [2.75, 3.05) is 33.3 Å².